The molecule has 1 aromatic carbocycles. The number of para-hydroxylation sites is 1. The van der Waals surface area contributed by atoms with E-state index < -0.39 is 0 Å². The van der Waals surface area contributed by atoms with E-state index in [0.717, 1.165) is 47.3 Å². The molecule has 5 rings (SSSR count). The molecule has 1 aliphatic heterocycles. The van der Waals surface area contributed by atoms with Gasteiger partial charge >= 0.3 is 0 Å². The molecule has 1 aliphatic rings. The van der Waals surface area contributed by atoms with Gasteiger partial charge in [-0.25, -0.2) is 9.97 Å². The second-order valence-electron chi connectivity index (χ2n) is 7.34. The molecule has 146 valence electrons. The van der Waals surface area contributed by atoms with Gasteiger partial charge in [-0.15, -0.1) is 0 Å². The van der Waals surface area contributed by atoms with Crippen molar-refractivity contribution in [2.45, 2.75) is 19.4 Å². The zero-order valence-electron chi connectivity index (χ0n) is 15.9. The van der Waals surface area contributed by atoms with Gasteiger partial charge in [0.15, 0.2) is 11.4 Å². The quantitative estimate of drug-likeness (QED) is 0.578. The number of rotatable bonds is 4. The molecule has 1 fully saturated rings. The van der Waals surface area contributed by atoms with Crippen LogP contribution >= 0.6 is 0 Å². The fourth-order valence-corrected chi connectivity index (χ4v) is 3.96. The lowest BCUT2D eigenvalue weighted by Crippen LogP contribution is -2.43. The Morgan fingerprint density at radius 3 is 3.03 bits per heavy atom. The molecule has 0 radical (unpaired) electrons. The molecule has 0 bridgehead atoms. The minimum atomic E-state index is -0.0881. The first kappa shape index (κ1) is 17.6. The van der Waals surface area contributed by atoms with Crippen LogP contribution in [0.2, 0.25) is 0 Å². The summed E-state index contributed by atoms with van der Waals surface area (Å²) in [6.45, 7) is 1.95. The molecular formula is C22H21N5O2. The molecule has 0 unspecified atom stereocenters. The highest BCUT2D eigenvalue weighted by atomic mass is 16.3. The van der Waals surface area contributed by atoms with Crippen LogP contribution in [0, 0.1) is 5.92 Å². The van der Waals surface area contributed by atoms with Gasteiger partial charge in [-0.3, -0.25) is 9.78 Å². The molecular weight excluding hydrogens is 366 g/mol. The highest BCUT2D eigenvalue weighted by Gasteiger charge is 2.28. The Bertz CT molecular complexity index is 1160. The highest BCUT2D eigenvalue weighted by molar-refractivity contribution is 6.05. The van der Waals surface area contributed by atoms with Gasteiger partial charge in [-0.2, -0.15) is 0 Å². The topological polar surface area (TPSA) is 84.2 Å². The van der Waals surface area contributed by atoms with Crippen LogP contribution in [-0.2, 0) is 11.3 Å². The Morgan fingerprint density at radius 2 is 2.14 bits per heavy atom. The zero-order chi connectivity index (χ0) is 19.6. The van der Waals surface area contributed by atoms with Gasteiger partial charge in [0.05, 0.1) is 5.92 Å². The predicted molar refractivity (Wildman–Crippen MR) is 110 cm³/mol. The summed E-state index contributed by atoms with van der Waals surface area (Å²) >= 11 is 0. The molecule has 0 aliphatic carbocycles. The van der Waals surface area contributed by atoms with E-state index in [-0.39, 0.29) is 11.8 Å². The van der Waals surface area contributed by atoms with E-state index in [4.69, 9.17) is 4.42 Å². The van der Waals surface area contributed by atoms with Gasteiger partial charge < -0.3 is 14.6 Å². The van der Waals surface area contributed by atoms with E-state index in [2.05, 4.69) is 25.2 Å². The first-order chi connectivity index (χ1) is 14.3. The second kappa shape index (κ2) is 7.50. The molecule has 1 atom stereocenters. The third kappa shape index (κ3) is 3.40. The third-order valence-corrected chi connectivity index (χ3v) is 5.42. The number of piperidine rings is 1. The van der Waals surface area contributed by atoms with Crippen LogP contribution in [0.3, 0.4) is 0 Å². The molecule has 29 heavy (non-hydrogen) atoms. The monoisotopic (exact) mass is 387 g/mol. The number of carbonyl (C=O) groups excluding carboxylic acids is 1. The Kier molecular flexibility index (Phi) is 4.56. The van der Waals surface area contributed by atoms with Gasteiger partial charge in [-0.1, -0.05) is 18.2 Å². The van der Waals surface area contributed by atoms with Gasteiger partial charge in [0.1, 0.15) is 17.4 Å². The van der Waals surface area contributed by atoms with Crippen LogP contribution in [0.1, 0.15) is 18.4 Å². The minimum Gasteiger partial charge on any atom is -0.450 e. The molecule has 7 nitrogen and oxygen atoms in total. The van der Waals surface area contributed by atoms with Crippen LogP contribution in [-0.4, -0.2) is 33.9 Å². The molecule has 1 amide bonds. The zero-order valence-corrected chi connectivity index (χ0v) is 15.9. The van der Waals surface area contributed by atoms with Crippen LogP contribution in [0.5, 0.6) is 0 Å². The Morgan fingerprint density at radius 1 is 1.21 bits per heavy atom. The average Bonchev–Trinajstić information content (AvgIpc) is 3.17. The van der Waals surface area contributed by atoms with Gasteiger partial charge in [0, 0.05) is 37.4 Å². The summed E-state index contributed by atoms with van der Waals surface area (Å²) in [5.41, 5.74) is 3.29. The molecule has 1 N–H and O–H groups in total. The Labute approximate surface area is 167 Å². The molecule has 7 heteroatoms. The number of pyridine rings is 1. The smallest absolute Gasteiger partial charge is 0.225 e. The van der Waals surface area contributed by atoms with E-state index in [1.165, 1.54) is 0 Å². The molecule has 4 heterocycles. The lowest BCUT2D eigenvalue weighted by atomic mass is 9.97. The summed E-state index contributed by atoms with van der Waals surface area (Å²) < 4.78 is 6.06. The van der Waals surface area contributed by atoms with E-state index in [0.29, 0.717) is 18.7 Å². The number of carbonyl (C=O) groups is 1. The van der Waals surface area contributed by atoms with Crippen molar-refractivity contribution in [2.24, 2.45) is 5.92 Å². The van der Waals surface area contributed by atoms with E-state index >= 15 is 0 Å². The number of furan rings is 1. The predicted octanol–water partition coefficient (Wildman–Crippen LogP) is 3.30. The fourth-order valence-electron chi connectivity index (χ4n) is 3.96. The lowest BCUT2D eigenvalue weighted by molar-refractivity contribution is -0.125. The standard InChI is InChI=1S/C22H21N5O2/c28-22(24-12-15-5-3-9-23-11-15)16-6-4-10-27(13-16)21-20-19(25-14-26-21)17-7-1-2-8-18(17)29-20/h1-3,5,7-9,11,14,16H,4,6,10,12-13H2,(H,24,28)/t16-/m0/s1. The number of aromatic nitrogens is 3. The maximum absolute atomic E-state index is 12.7. The maximum Gasteiger partial charge on any atom is 0.225 e. The molecule has 0 spiro atoms. The number of hydrogen-bond donors (Lipinski definition) is 1. The van der Waals surface area contributed by atoms with Crippen LogP contribution in [0.15, 0.2) is 59.5 Å². The summed E-state index contributed by atoms with van der Waals surface area (Å²) in [7, 11) is 0. The number of amides is 1. The number of hydrogen-bond acceptors (Lipinski definition) is 6. The number of anilines is 1. The summed E-state index contributed by atoms with van der Waals surface area (Å²) in [6, 6.07) is 11.7. The van der Waals surface area contributed by atoms with Crippen molar-refractivity contribution >= 4 is 33.8 Å². The first-order valence-corrected chi connectivity index (χ1v) is 9.83. The maximum atomic E-state index is 12.7. The van der Waals surface area contributed by atoms with Crippen molar-refractivity contribution in [3.05, 3.63) is 60.7 Å². The van der Waals surface area contributed by atoms with E-state index in [1.54, 1.807) is 18.7 Å². The number of nitrogens with one attached hydrogen (secondary N) is 1. The van der Waals surface area contributed by atoms with Crippen molar-refractivity contribution in [1.82, 2.24) is 20.3 Å². The first-order valence-electron chi connectivity index (χ1n) is 9.83. The number of fused-ring (bicyclic) bond motifs is 3. The molecule has 4 aromatic rings. The molecule has 1 saturated heterocycles. The summed E-state index contributed by atoms with van der Waals surface area (Å²) in [4.78, 5) is 27.9. The normalized spacial score (nSPS) is 17.0. The summed E-state index contributed by atoms with van der Waals surface area (Å²) in [5, 5.41) is 4.02. The van der Waals surface area contributed by atoms with E-state index in [9.17, 15) is 4.79 Å². The van der Waals surface area contributed by atoms with Crippen molar-refractivity contribution < 1.29 is 9.21 Å². The van der Waals surface area contributed by atoms with Gasteiger partial charge in [0.25, 0.3) is 0 Å². The lowest BCUT2D eigenvalue weighted by Gasteiger charge is -2.32. The van der Waals surface area contributed by atoms with Crippen molar-refractivity contribution in [3.63, 3.8) is 0 Å². The summed E-state index contributed by atoms with van der Waals surface area (Å²) in [5.74, 6) is 0.735. The largest absolute Gasteiger partial charge is 0.450 e. The fraction of sp³-hybridized carbons (Fsp3) is 0.273. The molecule has 3 aromatic heterocycles. The van der Waals surface area contributed by atoms with Gasteiger partial charge in [-0.05, 0) is 36.6 Å². The highest BCUT2D eigenvalue weighted by Crippen LogP contribution is 2.33. The Hall–Kier alpha value is -3.48. The minimum absolute atomic E-state index is 0.0634. The van der Waals surface area contributed by atoms with Crippen LogP contribution in [0.4, 0.5) is 5.82 Å². The third-order valence-electron chi connectivity index (χ3n) is 5.42. The number of nitrogens with zero attached hydrogens (tertiary/aromatic N) is 4. The van der Waals surface area contributed by atoms with Crippen molar-refractivity contribution in [3.8, 4) is 0 Å². The SMILES string of the molecule is O=C(NCc1cccnc1)[C@H]1CCCN(c2ncnc3c2oc2ccccc23)C1. The van der Waals surface area contributed by atoms with Gasteiger partial charge in [0.2, 0.25) is 5.91 Å². The number of benzene rings is 1. The Balaban J connectivity index is 1.36. The average molecular weight is 387 g/mol. The van der Waals surface area contributed by atoms with E-state index in [1.807, 2.05) is 36.4 Å². The summed E-state index contributed by atoms with van der Waals surface area (Å²) in [6.07, 6.45) is 6.86. The van der Waals surface area contributed by atoms with Crippen LogP contribution < -0.4 is 10.2 Å². The molecule has 0 saturated carbocycles. The van der Waals surface area contributed by atoms with Crippen LogP contribution in [0.25, 0.3) is 22.1 Å². The second-order valence-corrected chi connectivity index (χ2v) is 7.34. The van der Waals surface area contributed by atoms with Crippen molar-refractivity contribution in [2.75, 3.05) is 18.0 Å². The van der Waals surface area contributed by atoms with Crippen molar-refractivity contribution in [1.29, 1.82) is 0 Å².